The topological polar surface area (TPSA) is 71.0 Å². The molecule has 5 nitrogen and oxygen atoms in total. The third kappa shape index (κ3) is 2.30. The van der Waals surface area contributed by atoms with Crippen molar-refractivity contribution in [2.75, 3.05) is 6.79 Å². The molecule has 0 unspecified atom stereocenters. The van der Waals surface area contributed by atoms with E-state index in [1.54, 1.807) is 29.8 Å². The molecule has 6 heteroatoms. The van der Waals surface area contributed by atoms with Gasteiger partial charge in [0.1, 0.15) is 0 Å². The summed E-state index contributed by atoms with van der Waals surface area (Å²) in [5, 5.41) is 12.5. The maximum absolute atomic E-state index is 10.8. The summed E-state index contributed by atoms with van der Waals surface area (Å²) in [5.41, 5.74) is 1.20. The van der Waals surface area contributed by atoms with Crippen molar-refractivity contribution in [3.63, 3.8) is 0 Å². The highest BCUT2D eigenvalue weighted by atomic mass is 32.1. The quantitative estimate of drug-likeness (QED) is 0.797. The molecule has 0 radical (unpaired) electrons. The SMILES string of the molecule is O=C([O-])c1sccc1N=Cc1ccc2c(c1)OCO2. The van der Waals surface area contributed by atoms with Crippen LogP contribution in [0, 0.1) is 0 Å². The van der Waals surface area contributed by atoms with E-state index in [1.807, 2.05) is 6.07 Å². The summed E-state index contributed by atoms with van der Waals surface area (Å²) in [6.07, 6.45) is 1.58. The molecule has 2 heterocycles. The highest BCUT2D eigenvalue weighted by molar-refractivity contribution is 7.12. The first-order valence-corrected chi connectivity index (χ1v) is 6.34. The molecule has 0 aliphatic carbocycles. The lowest BCUT2D eigenvalue weighted by atomic mass is 10.2. The fraction of sp³-hybridized carbons (Fsp3) is 0.0769. The van der Waals surface area contributed by atoms with E-state index in [-0.39, 0.29) is 11.7 Å². The summed E-state index contributed by atoms with van der Waals surface area (Å²) in [4.78, 5) is 15.1. The van der Waals surface area contributed by atoms with Gasteiger partial charge in [-0.2, -0.15) is 0 Å². The number of carbonyl (C=O) groups excluding carboxylic acids is 1. The molecule has 3 rings (SSSR count). The average molecular weight is 274 g/mol. The van der Waals surface area contributed by atoms with Gasteiger partial charge in [-0.15, -0.1) is 11.3 Å². The van der Waals surface area contributed by atoms with E-state index in [0.717, 1.165) is 16.9 Å². The number of carboxylic acids is 1. The lowest BCUT2D eigenvalue weighted by Gasteiger charge is -2.00. The molecule has 0 bridgehead atoms. The van der Waals surface area contributed by atoms with E-state index in [0.29, 0.717) is 17.2 Å². The maximum atomic E-state index is 10.8. The van der Waals surface area contributed by atoms with Crippen molar-refractivity contribution < 1.29 is 19.4 Å². The Morgan fingerprint density at radius 2 is 2.16 bits per heavy atom. The van der Waals surface area contributed by atoms with Gasteiger partial charge in [-0.25, -0.2) is 0 Å². The van der Waals surface area contributed by atoms with E-state index < -0.39 is 5.97 Å². The number of benzene rings is 1. The molecule has 2 aromatic rings. The van der Waals surface area contributed by atoms with Crippen molar-refractivity contribution in [3.8, 4) is 11.5 Å². The number of ether oxygens (including phenoxy) is 2. The third-order valence-electron chi connectivity index (χ3n) is 2.58. The molecule has 1 aromatic carbocycles. The zero-order chi connectivity index (χ0) is 13.2. The van der Waals surface area contributed by atoms with Crippen LogP contribution >= 0.6 is 11.3 Å². The largest absolute Gasteiger partial charge is 0.544 e. The minimum Gasteiger partial charge on any atom is -0.544 e. The van der Waals surface area contributed by atoms with Gasteiger partial charge in [-0.05, 0) is 35.2 Å². The number of aliphatic imine (C=N–C) groups is 1. The summed E-state index contributed by atoms with van der Waals surface area (Å²) < 4.78 is 10.5. The fourth-order valence-corrected chi connectivity index (χ4v) is 2.37. The molecule has 0 saturated carbocycles. The highest BCUT2D eigenvalue weighted by Gasteiger charge is 2.12. The number of hydrogen-bond donors (Lipinski definition) is 0. The van der Waals surface area contributed by atoms with Crippen LogP contribution in [0.25, 0.3) is 0 Å². The molecule has 0 saturated heterocycles. The van der Waals surface area contributed by atoms with Crippen molar-refractivity contribution in [1.29, 1.82) is 0 Å². The van der Waals surface area contributed by atoms with E-state index in [9.17, 15) is 9.90 Å². The zero-order valence-electron chi connectivity index (χ0n) is 9.66. The smallest absolute Gasteiger partial charge is 0.231 e. The predicted molar refractivity (Wildman–Crippen MR) is 68.5 cm³/mol. The first-order chi connectivity index (χ1) is 9.24. The standard InChI is InChI=1S/C13H9NO4S/c15-13(16)12-9(3-4-19-12)14-6-8-1-2-10-11(5-8)18-7-17-10/h1-6H,7H2,(H,15,16)/p-1. The Morgan fingerprint density at radius 3 is 3.00 bits per heavy atom. The van der Waals surface area contributed by atoms with Gasteiger partial charge in [0.15, 0.2) is 11.5 Å². The van der Waals surface area contributed by atoms with Gasteiger partial charge in [0, 0.05) is 6.21 Å². The van der Waals surface area contributed by atoms with Crippen LogP contribution in [0.4, 0.5) is 5.69 Å². The lowest BCUT2D eigenvalue weighted by molar-refractivity contribution is -0.254. The second kappa shape index (κ2) is 4.74. The Hall–Kier alpha value is -2.34. The molecule has 0 amide bonds. The van der Waals surface area contributed by atoms with Gasteiger partial charge in [0.05, 0.1) is 16.5 Å². The second-order valence-corrected chi connectivity index (χ2v) is 4.71. The van der Waals surface area contributed by atoms with E-state index in [1.165, 1.54) is 0 Å². The van der Waals surface area contributed by atoms with Crippen LogP contribution in [0.5, 0.6) is 11.5 Å². The highest BCUT2D eigenvalue weighted by Crippen LogP contribution is 2.32. The summed E-state index contributed by atoms with van der Waals surface area (Å²) in [6, 6.07) is 7.04. The lowest BCUT2D eigenvalue weighted by Crippen LogP contribution is -2.20. The number of aromatic carboxylic acids is 1. The summed E-state index contributed by atoms with van der Waals surface area (Å²) in [6.45, 7) is 0.218. The van der Waals surface area contributed by atoms with E-state index >= 15 is 0 Å². The molecule has 96 valence electrons. The van der Waals surface area contributed by atoms with Crippen LogP contribution in [-0.2, 0) is 0 Å². The van der Waals surface area contributed by atoms with Gasteiger partial charge >= 0.3 is 0 Å². The van der Waals surface area contributed by atoms with Gasteiger partial charge in [0.2, 0.25) is 6.79 Å². The summed E-state index contributed by atoms with van der Waals surface area (Å²) in [7, 11) is 0. The number of carboxylic acid groups (broad SMARTS) is 1. The molecule has 19 heavy (non-hydrogen) atoms. The second-order valence-electron chi connectivity index (χ2n) is 3.79. The van der Waals surface area contributed by atoms with Crippen LogP contribution in [0.15, 0.2) is 34.6 Å². The summed E-state index contributed by atoms with van der Waals surface area (Å²) >= 11 is 1.09. The maximum Gasteiger partial charge on any atom is 0.231 e. The zero-order valence-corrected chi connectivity index (χ0v) is 10.5. The Morgan fingerprint density at radius 1 is 1.32 bits per heavy atom. The predicted octanol–water partition coefficient (Wildman–Crippen LogP) is 1.59. The normalized spacial score (nSPS) is 13.1. The van der Waals surface area contributed by atoms with Gasteiger partial charge in [0.25, 0.3) is 0 Å². The van der Waals surface area contributed by atoms with E-state index in [2.05, 4.69) is 4.99 Å². The van der Waals surface area contributed by atoms with Crippen molar-refractivity contribution in [1.82, 2.24) is 0 Å². The van der Waals surface area contributed by atoms with Crippen LogP contribution in [0.3, 0.4) is 0 Å². The van der Waals surface area contributed by atoms with Crippen LogP contribution in [-0.4, -0.2) is 19.0 Å². The number of fused-ring (bicyclic) bond motifs is 1. The number of hydrogen-bond acceptors (Lipinski definition) is 6. The Kier molecular flexibility index (Phi) is 2.92. The average Bonchev–Trinajstić information content (AvgIpc) is 3.04. The number of nitrogens with zero attached hydrogens (tertiary/aromatic N) is 1. The van der Waals surface area contributed by atoms with Crippen LogP contribution in [0.1, 0.15) is 15.2 Å². The van der Waals surface area contributed by atoms with Crippen molar-refractivity contribution >= 4 is 29.2 Å². The monoisotopic (exact) mass is 274 g/mol. The minimum absolute atomic E-state index is 0.122. The van der Waals surface area contributed by atoms with Crippen LogP contribution in [0.2, 0.25) is 0 Å². The van der Waals surface area contributed by atoms with Gasteiger partial charge in [-0.1, -0.05) is 0 Å². The van der Waals surface area contributed by atoms with Crippen molar-refractivity contribution in [2.45, 2.75) is 0 Å². The molecule has 0 atom stereocenters. The molecular formula is C13H8NO4S-. The van der Waals surface area contributed by atoms with Gasteiger partial charge in [-0.3, -0.25) is 4.99 Å². The van der Waals surface area contributed by atoms with Crippen molar-refractivity contribution in [3.05, 3.63) is 40.1 Å². The molecule has 0 spiro atoms. The molecule has 1 aliphatic rings. The minimum atomic E-state index is -1.21. The Labute approximate surface area is 112 Å². The number of carbonyl (C=O) groups is 1. The molecular weight excluding hydrogens is 266 g/mol. The third-order valence-corrected chi connectivity index (χ3v) is 3.46. The number of rotatable bonds is 3. The summed E-state index contributed by atoms with van der Waals surface area (Å²) in [5.74, 6) is 0.144. The van der Waals surface area contributed by atoms with E-state index in [4.69, 9.17) is 9.47 Å². The molecule has 0 N–H and O–H groups in total. The molecule has 1 aliphatic heterocycles. The Balaban J connectivity index is 1.86. The Bertz CT molecular complexity index is 662. The van der Waals surface area contributed by atoms with Crippen LogP contribution < -0.4 is 14.6 Å². The molecule has 0 fully saturated rings. The first-order valence-electron chi connectivity index (χ1n) is 5.46. The van der Waals surface area contributed by atoms with Gasteiger partial charge < -0.3 is 19.4 Å². The number of thiophene rings is 1. The molecule has 1 aromatic heterocycles. The first kappa shape index (κ1) is 11.7. The fourth-order valence-electron chi connectivity index (χ4n) is 1.69. The van der Waals surface area contributed by atoms with Crippen molar-refractivity contribution in [2.24, 2.45) is 4.99 Å².